The van der Waals surface area contributed by atoms with Crippen molar-refractivity contribution in [3.63, 3.8) is 0 Å². The van der Waals surface area contributed by atoms with Gasteiger partial charge in [0.05, 0.1) is 13.2 Å². The molecule has 0 bridgehead atoms. The summed E-state index contributed by atoms with van der Waals surface area (Å²) in [5.41, 5.74) is 5.35. The maximum atomic E-state index is 12.7. The van der Waals surface area contributed by atoms with Crippen molar-refractivity contribution >= 4 is 25.7 Å². The lowest BCUT2D eigenvalue weighted by atomic mass is 10.1. The molecule has 12 heteroatoms. The molecule has 0 aromatic heterocycles. The number of allylic oxidation sites excluding steroid dienone is 10. The van der Waals surface area contributed by atoms with E-state index in [-0.39, 0.29) is 19.4 Å². The summed E-state index contributed by atoms with van der Waals surface area (Å²) in [5, 5.41) is 8.91. The molecule has 0 aromatic carbocycles. The number of carboxylic acids is 1. The molecule has 3 atom stereocenters. The van der Waals surface area contributed by atoms with E-state index < -0.39 is 51.1 Å². The van der Waals surface area contributed by atoms with E-state index in [2.05, 4.69) is 79.1 Å². The number of nitrogens with two attached hydrogens (primary N) is 1. The van der Waals surface area contributed by atoms with E-state index in [1.807, 2.05) is 0 Å². The molecule has 0 aliphatic heterocycles. The van der Waals surface area contributed by atoms with Crippen LogP contribution >= 0.6 is 7.82 Å². The summed E-state index contributed by atoms with van der Waals surface area (Å²) in [6, 6.07) is -1.53. The van der Waals surface area contributed by atoms with Gasteiger partial charge in [-0.1, -0.05) is 177 Å². The van der Waals surface area contributed by atoms with Gasteiger partial charge in [0, 0.05) is 12.8 Å². The molecule has 0 spiro atoms. The van der Waals surface area contributed by atoms with Crippen LogP contribution in [-0.4, -0.2) is 59.9 Å². The number of phosphoric acid groups is 1. The van der Waals surface area contributed by atoms with Gasteiger partial charge >= 0.3 is 25.7 Å². The van der Waals surface area contributed by atoms with Crippen molar-refractivity contribution in [2.24, 2.45) is 5.73 Å². The average Bonchev–Trinajstić information content (AvgIpc) is 3.25. The van der Waals surface area contributed by atoms with Crippen molar-refractivity contribution in [2.75, 3.05) is 19.8 Å². The SMILES string of the molecule is CC/C=C\C/C=C\C/C=C\CCCCCCCCCC(=O)OC(COC(=O)CCCCCCCCCCC/C=C\C/C=C\CCCCCCC)COP(=O)(O)OCC(N)C(=O)O. The number of aliphatic carboxylic acids is 1. The topological polar surface area (TPSA) is 172 Å². The fourth-order valence-corrected chi connectivity index (χ4v) is 7.24. The molecule has 0 amide bonds. The number of esters is 2. The van der Waals surface area contributed by atoms with Crippen LogP contribution in [0.1, 0.15) is 206 Å². The molecule has 0 aliphatic carbocycles. The highest BCUT2D eigenvalue weighted by Gasteiger charge is 2.28. The molecule has 0 rings (SSSR count). The molecule has 0 saturated heterocycles. The minimum atomic E-state index is -4.73. The Balaban J connectivity index is 4.29. The Bertz CT molecular complexity index is 1280. The van der Waals surface area contributed by atoms with Gasteiger partial charge in [0.1, 0.15) is 12.6 Å². The van der Waals surface area contributed by atoms with E-state index in [1.54, 1.807) is 0 Å². The second-order valence-corrected chi connectivity index (χ2v) is 17.7. The lowest BCUT2D eigenvalue weighted by molar-refractivity contribution is -0.161. The van der Waals surface area contributed by atoms with Gasteiger partial charge in [-0.25, -0.2) is 4.57 Å². The number of unbranched alkanes of at least 4 members (excludes halogenated alkanes) is 21. The van der Waals surface area contributed by atoms with Gasteiger partial charge in [-0.2, -0.15) is 0 Å². The van der Waals surface area contributed by atoms with Gasteiger partial charge in [0.2, 0.25) is 0 Å². The molecule has 0 aliphatic rings. The van der Waals surface area contributed by atoms with E-state index in [9.17, 15) is 23.8 Å². The lowest BCUT2D eigenvalue weighted by Gasteiger charge is -2.20. The summed E-state index contributed by atoms with van der Waals surface area (Å²) in [6.45, 7) is 2.68. The minimum absolute atomic E-state index is 0.147. The van der Waals surface area contributed by atoms with Gasteiger partial charge in [-0.3, -0.25) is 23.4 Å². The van der Waals surface area contributed by atoms with Crippen LogP contribution < -0.4 is 5.73 Å². The molecule has 3 unspecified atom stereocenters. The first-order valence-electron chi connectivity index (χ1n) is 24.3. The summed E-state index contributed by atoms with van der Waals surface area (Å²) < 4.78 is 32.8. The first kappa shape index (κ1) is 59.2. The molecule has 0 heterocycles. The largest absolute Gasteiger partial charge is 0.480 e. The number of carbonyl (C=O) groups is 3. The van der Waals surface area contributed by atoms with Crippen LogP contribution in [0.15, 0.2) is 60.8 Å². The summed E-state index contributed by atoms with van der Waals surface area (Å²) >= 11 is 0. The van der Waals surface area contributed by atoms with Crippen LogP contribution in [0.5, 0.6) is 0 Å². The summed E-state index contributed by atoms with van der Waals surface area (Å²) in [6.07, 6.45) is 52.8. The fraction of sp³-hybridized carbons (Fsp3) is 0.740. The monoisotopic (exact) mass is 894 g/mol. The van der Waals surface area contributed by atoms with Gasteiger partial charge in [0.15, 0.2) is 6.10 Å². The zero-order chi connectivity index (χ0) is 45.6. The number of ether oxygens (including phenoxy) is 2. The Morgan fingerprint density at radius 1 is 0.516 bits per heavy atom. The highest BCUT2D eigenvalue weighted by atomic mass is 31.2. The molecule has 0 saturated carbocycles. The van der Waals surface area contributed by atoms with E-state index in [0.717, 1.165) is 89.9 Å². The Morgan fingerprint density at radius 2 is 0.903 bits per heavy atom. The first-order chi connectivity index (χ1) is 30.1. The van der Waals surface area contributed by atoms with Crippen LogP contribution in [0.4, 0.5) is 0 Å². The second-order valence-electron chi connectivity index (χ2n) is 16.2. The third-order valence-corrected chi connectivity index (χ3v) is 11.2. The second kappa shape index (κ2) is 44.8. The number of rotatable bonds is 45. The number of phosphoric ester groups is 1. The van der Waals surface area contributed by atoms with Crippen molar-refractivity contribution in [3.05, 3.63) is 60.8 Å². The van der Waals surface area contributed by atoms with Crippen LogP contribution in [0.25, 0.3) is 0 Å². The predicted octanol–water partition coefficient (Wildman–Crippen LogP) is 13.5. The van der Waals surface area contributed by atoms with E-state index in [4.69, 9.17) is 24.8 Å². The normalized spacial score (nSPS) is 14.1. The Morgan fingerprint density at radius 3 is 1.35 bits per heavy atom. The van der Waals surface area contributed by atoms with Crippen molar-refractivity contribution in [3.8, 4) is 0 Å². The quantitative estimate of drug-likeness (QED) is 0.0230. The van der Waals surface area contributed by atoms with Gasteiger partial charge in [0.25, 0.3) is 0 Å². The van der Waals surface area contributed by atoms with Crippen LogP contribution in [0.3, 0.4) is 0 Å². The van der Waals surface area contributed by atoms with Crippen molar-refractivity contribution in [2.45, 2.75) is 219 Å². The highest BCUT2D eigenvalue weighted by molar-refractivity contribution is 7.47. The van der Waals surface area contributed by atoms with Gasteiger partial charge < -0.3 is 25.2 Å². The molecule has 0 aromatic rings. The van der Waals surface area contributed by atoms with Crippen molar-refractivity contribution in [1.29, 1.82) is 0 Å². The van der Waals surface area contributed by atoms with E-state index >= 15 is 0 Å². The third-order valence-electron chi connectivity index (χ3n) is 10.2. The van der Waals surface area contributed by atoms with Crippen LogP contribution in [0, 0.1) is 0 Å². The molecule has 0 fully saturated rings. The lowest BCUT2D eigenvalue weighted by Crippen LogP contribution is -2.34. The standard InChI is InChI=1S/C50H88NO10P/c1-3-5-7-9-11-13-15-17-19-21-22-23-24-26-27-29-31-33-35-37-39-41-48(52)58-43-46(44-59-62(56,57)60-45-47(51)50(54)55)61-49(53)42-40-38-36-34-32-30-28-25-20-18-16-14-12-10-8-6-4-2/h6,8,12,14-15,17-18,20-22,46-47H,3-5,7,9-11,13,16,19,23-45,51H2,1-2H3,(H,54,55)(H,56,57)/b8-6-,14-12-,17-15-,20-18-,22-21-. The van der Waals surface area contributed by atoms with Crippen molar-refractivity contribution < 1.29 is 47.5 Å². The number of hydrogen-bond donors (Lipinski definition) is 3. The number of carbonyl (C=O) groups excluding carboxylic acids is 2. The molecule has 0 radical (unpaired) electrons. The van der Waals surface area contributed by atoms with Gasteiger partial charge in [-0.15, -0.1) is 0 Å². The summed E-state index contributed by atoms with van der Waals surface area (Å²) in [4.78, 5) is 46.1. The molecular formula is C50H88NO10P. The Labute approximate surface area is 377 Å². The smallest absolute Gasteiger partial charge is 0.472 e. The zero-order valence-electron chi connectivity index (χ0n) is 38.9. The number of hydrogen-bond acceptors (Lipinski definition) is 9. The van der Waals surface area contributed by atoms with Crippen LogP contribution in [0.2, 0.25) is 0 Å². The predicted molar refractivity (Wildman–Crippen MR) is 254 cm³/mol. The Kier molecular flexibility index (Phi) is 42.7. The molecule has 4 N–H and O–H groups in total. The molecule has 62 heavy (non-hydrogen) atoms. The van der Waals surface area contributed by atoms with E-state index in [0.29, 0.717) is 12.8 Å². The van der Waals surface area contributed by atoms with Gasteiger partial charge in [-0.05, 0) is 77.0 Å². The highest BCUT2D eigenvalue weighted by Crippen LogP contribution is 2.43. The van der Waals surface area contributed by atoms with E-state index in [1.165, 1.54) is 77.0 Å². The van der Waals surface area contributed by atoms with Crippen LogP contribution in [-0.2, 0) is 37.5 Å². The maximum absolute atomic E-state index is 12.7. The average molecular weight is 894 g/mol. The van der Waals surface area contributed by atoms with Crippen molar-refractivity contribution in [1.82, 2.24) is 0 Å². The fourth-order valence-electron chi connectivity index (χ4n) is 6.46. The first-order valence-corrected chi connectivity index (χ1v) is 25.8. The number of carboxylic acid groups (broad SMARTS) is 1. The molecular weight excluding hydrogens is 806 g/mol. The molecule has 358 valence electrons. The summed E-state index contributed by atoms with van der Waals surface area (Å²) in [5.74, 6) is -2.40. The Hall–Kier alpha value is -2.82. The zero-order valence-corrected chi connectivity index (χ0v) is 39.8. The summed E-state index contributed by atoms with van der Waals surface area (Å²) in [7, 11) is -4.73. The maximum Gasteiger partial charge on any atom is 0.472 e. The molecule has 11 nitrogen and oxygen atoms in total. The minimum Gasteiger partial charge on any atom is -0.480 e. The third kappa shape index (κ3) is 43.8.